The molecule has 3 saturated heterocycles. The summed E-state index contributed by atoms with van der Waals surface area (Å²) in [5.41, 5.74) is -2.07. The fraction of sp³-hybridized carbons (Fsp3) is 0.958. The van der Waals surface area contributed by atoms with E-state index >= 15 is 0 Å². The molecular weight excluding hydrogens is 881 g/mol. The van der Waals surface area contributed by atoms with Crippen LogP contribution in [0.1, 0.15) is 99.8 Å². The van der Waals surface area contributed by atoms with Gasteiger partial charge in [-0.3, -0.25) is 0 Å². The maximum absolute atomic E-state index is 12.5. The second-order valence-corrected chi connectivity index (χ2v) is 23.6. The third-order valence-electron chi connectivity index (χ3n) is 19.5. The van der Waals surface area contributed by atoms with E-state index in [9.17, 15) is 66.4 Å². The minimum absolute atomic E-state index is 0.00812. The van der Waals surface area contributed by atoms with Crippen LogP contribution in [-0.4, -0.2) is 203 Å². The van der Waals surface area contributed by atoms with Crippen molar-refractivity contribution in [3.63, 3.8) is 0 Å². The molecule has 0 aromatic rings. The third kappa shape index (κ3) is 8.14. The van der Waals surface area contributed by atoms with Crippen molar-refractivity contribution in [3.8, 4) is 0 Å². The van der Waals surface area contributed by atoms with Crippen molar-refractivity contribution < 1.29 is 94.8 Å². The topological polar surface area (TPSA) is 318 Å². The van der Waals surface area contributed by atoms with Crippen molar-refractivity contribution in [1.82, 2.24) is 0 Å². The smallest absolute Gasteiger partial charge is 0.187 e. The van der Waals surface area contributed by atoms with Crippen LogP contribution >= 0.6 is 0 Å². The van der Waals surface area contributed by atoms with Crippen molar-refractivity contribution in [1.29, 1.82) is 0 Å². The molecule has 19 heteroatoms. The maximum atomic E-state index is 12.5. The lowest BCUT2D eigenvalue weighted by atomic mass is 9.33. The van der Waals surface area contributed by atoms with Gasteiger partial charge in [0.1, 0.15) is 67.1 Å². The Hall–Kier alpha value is -1.02. The number of fused-ring (bicyclic) bond motifs is 7. The van der Waals surface area contributed by atoms with Crippen LogP contribution in [0, 0.1) is 50.2 Å². The van der Waals surface area contributed by atoms with Crippen LogP contribution in [0.15, 0.2) is 11.6 Å². The number of aliphatic hydroxyl groups is 13. The number of hydrogen-bond donors (Lipinski definition) is 13. The van der Waals surface area contributed by atoms with Gasteiger partial charge >= 0.3 is 0 Å². The van der Waals surface area contributed by atoms with E-state index in [4.69, 9.17) is 28.4 Å². The first-order chi connectivity index (χ1) is 31.3. The molecule has 7 fully saturated rings. The largest absolute Gasteiger partial charge is 0.396 e. The summed E-state index contributed by atoms with van der Waals surface area (Å²) in [6.07, 6.45) is -19.4. The van der Waals surface area contributed by atoms with Crippen molar-refractivity contribution in [2.24, 2.45) is 50.2 Å². The van der Waals surface area contributed by atoms with Crippen molar-refractivity contribution in [2.75, 3.05) is 26.4 Å². The Balaban J connectivity index is 1.06. The quantitative estimate of drug-likeness (QED) is 0.0881. The number of aliphatic hydroxyl groups excluding tert-OH is 13. The Labute approximate surface area is 392 Å². The molecule has 386 valence electrons. The molecule has 67 heavy (non-hydrogen) atoms. The summed E-state index contributed by atoms with van der Waals surface area (Å²) in [5.74, 6) is -0.615. The Kier molecular flexibility index (Phi) is 14.4. The predicted octanol–water partition coefficient (Wildman–Crippen LogP) is -1.44. The Morgan fingerprint density at radius 3 is 1.91 bits per heavy atom. The average Bonchev–Trinajstić information content (AvgIpc) is 3.27. The molecule has 0 amide bonds. The number of rotatable bonds is 10. The van der Waals surface area contributed by atoms with E-state index in [2.05, 4.69) is 34.6 Å². The lowest BCUT2D eigenvalue weighted by Gasteiger charge is -2.72. The van der Waals surface area contributed by atoms with E-state index in [1.54, 1.807) is 0 Å². The van der Waals surface area contributed by atoms with E-state index < -0.39 is 151 Å². The molecule has 26 unspecified atom stereocenters. The van der Waals surface area contributed by atoms with Gasteiger partial charge in [0.2, 0.25) is 0 Å². The van der Waals surface area contributed by atoms with Gasteiger partial charge in [-0.05, 0) is 91.8 Å². The van der Waals surface area contributed by atoms with Crippen LogP contribution in [-0.2, 0) is 28.4 Å². The lowest BCUT2D eigenvalue weighted by molar-refractivity contribution is -0.375. The molecule has 4 saturated carbocycles. The molecule has 19 nitrogen and oxygen atoms in total. The van der Waals surface area contributed by atoms with E-state index in [1.165, 1.54) is 6.92 Å². The zero-order valence-corrected chi connectivity index (χ0v) is 40.0. The van der Waals surface area contributed by atoms with Crippen molar-refractivity contribution in [2.45, 2.75) is 210 Å². The second kappa shape index (κ2) is 18.5. The van der Waals surface area contributed by atoms with E-state index in [0.717, 1.165) is 18.4 Å². The van der Waals surface area contributed by atoms with Crippen LogP contribution in [0.3, 0.4) is 0 Å². The maximum Gasteiger partial charge on any atom is 0.187 e. The highest BCUT2D eigenvalue weighted by atomic mass is 16.8. The van der Waals surface area contributed by atoms with Gasteiger partial charge in [0.25, 0.3) is 0 Å². The fourth-order valence-electron chi connectivity index (χ4n) is 15.2. The Morgan fingerprint density at radius 2 is 1.25 bits per heavy atom. The highest BCUT2D eigenvalue weighted by molar-refractivity contribution is 5.37. The monoisotopic (exact) mass is 961 g/mol. The molecule has 3 aliphatic heterocycles. The molecular formula is C48H80O19. The minimum atomic E-state index is -1.84. The molecule has 0 spiro atoms. The Morgan fingerprint density at radius 1 is 0.627 bits per heavy atom. The Bertz CT molecular complexity index is 1790. The van der Waals surface area contributed by atoms with Gasteiger partial charge in [-0.15, -0.1) is 0 Å². The second-order valence-electron chi connectivity index (χ2n) is 23.6. The molecule has 5 aliphatic carbocycles. The highest BCUT2D eigenvalue weighted by Gasteiger charge is 2.72. The zero-order chi connectivity index (χ0) is 49.1. The van der Waals surface area contributed by atoms with Crippen LogP contribution < -0.4 is 0 Å². The van der Waals surface area contributed by atoms with E-state index in [-0.39, 0.29) is 36.4 Å². The summed E-state index contributed by atoms with van der Waals surface area (Å²) in [6.45, 7) is 12.7. The van der Waals surface area contributed by atoms with Crippen LogP contribution in [0.5, 0.6) is 0 Å². The number of hydrogen-bond acceptors (Lipinski definition) is 19. The standard InChI is InChI=1S/C48H80O19/c1-21-30(54)32(56)36(60)41(63-21)67-38-26(18-62-40-35(59)33(57)31(55)25(17-49)64-40)65-42(37(61)34(38)58)66-29-9-10-44(4)27(45(29,5)19-50)8-11-46(6)39(44)24(52)14-22-23-15-43(2,3)12-13-48(23,20-51)28(53)16-47(22,46)7/h14,21,23-42,49-61H,8-13,15-20H2,1-7H3. The zero-order valence-electron chi connectivity index (χ0n) is 40.0. The summed E-state index contributed by atoms with van der Waals surface area (Å²) in [5, 5.41) is 144. The lowest BCUT2D eigenvalue weighted by Crippen LogP contribution is -2.70. The van der Waals surface area contributed by atoms with Gasteiger partial charge in [0.05, 0.1) is 50.8 Å². The number of ether oxygens (including phenoxy) is 6. The van der Waals surface area contributed by atoms with Crippen LogP contribution in [0.4, 0.5) is 0 Å². The molecule has 26 atom stereocenters. The van der Waals surface area contributed by atoms with Gasteiger partial charge < -0.3 is 94.8 Å². The van der Waals surface area contributed by atoms with Gasteiger partial charge in [0.15, 0.2) is 18.9 Å². The van der Waals surface area contributed by atoms with Gasteiger partial charge in [-0.1, -0.05) is 53.2 Å². The van der Waals surface area contributed by atoms with E-state index in [0.29, 0.717) is 38.5 Å². The van der Waals surface area contributed by atoms with E-state index in [1.807, 2.05) is 13.0 Å². The first-order valence-corrected chi connectivity index (χ1v) is 24.5. The highest BCUT2D eigenvalue weighted by Crippen LogP contribution is 2.76. The first kappa shape index (κ1) is 52.3. The molecule has 3 heterocycles. The molecule has 0 aromatic carbocycles. The summed E-state index contributed by atoms with van der Waals surface area (Å²) in [6, 6.07) is 0. The van der Waals surface area contributed by atoms with Crippen LogP contribution in [0.25, 0.3) is 0 Å². The summed E-state index contributed by atoms with van der Waals surface area (Å²) < 4.78 is 36.0. The minimum Gasteiger partial charge on any atom is -0.396 e. The average molecular weight is 961 g/mol. The summed E-state index contributed by atoms with van der Waals surface area (Å²) >= 11 is 0. The number of allylic oxidation sites excluding steroid dienone is 1. The van der Waals surface area contributed by atoms with Crippen LogP contribution in [0.2, 0.25) is 0 Å². The molecule has 0 aromatic heterocycles. The van der Waals surface area contributed by atoms with Gasteiger partial charge in [-0.25, -0.2) is 0 Å². The van der Waals surface area contributed by atoms with Crippen molar-refractivity contribution in [3.05, 3.63) is 11.6 Å². The molecule has 0 radical (unpaired) electrons. The predicted molar refractivity (Wildman–Crippen MR) is 233 cm³/mol. The SMILES string of the molecule is CC1OC(OC2C(COC3OC(CO)C(O)C(O)C3O)OC(OC3CCC4(C)C(CCC5(C)C4C(O)C=C4C6CC(C)(C)CCC6(CO)C(O)CC45C)C3(C)CO)C(O)C2O)C(O)C(O)C1O. The molecule has 0 bridgehead atoms. The molecule has 13 N–H and O–H groups in total. The fourth-order valence-corrected chi connectivity index (χ4v) is 15.2. The summed E-state index contributed by atoms with van der Waals surface area (Å²) in [4.78, 5) is 0. The molecule has 8 aliphatic rings. The van der Waals surface area contributed by atoms with Crippen molar-refractivity contribution >= 4 is 0 Å². The van der Waals surface area contributed by atoms with Gasteiger partial charge in [0, 0.05) is 16.7 Å². The first-order valence-electron chi connectivity index (χ1n) is 24.5. The summed E-state index contributed by atoms with van der Waals surface area (Å²) in [7, 11) is 0. The molecule has 8 rings (SSSR count). The van der Waals surface area contributed by atoms with Gasteiger partial charge in [-0.2, -0.15) is 0 Å². The normalized spacial score (nSPS) is 56.5. The third-order valence-corrected chi connectivity index (χ3v) is 19.5.